The first-order valence-corrected chi connectivity index (χ1v) is 10.9. The highest BCUT2D eigenvalue weighted by molar-refractivity contribution is 5.94. The number of nitrogens with zero attached hydrogens (tertiary/aromatic N) is 1. The average molecular weight is 440 g/mol. The molecule has 166 valence electrons. The first-order chi connectivity index (χ1) is 16.2. The van der Waals surface area contributed by atoms with E-state index >= 15 is 0 Å². The number of hydrogen-bond acceptors (Lipinski definition) is 4. The largest absolute Gasteiger partial charge is 0.497 e. The Labute approximate surface area is 192 Å². The molecule has 0 unspecified atom stereocenters. The van der Waals surface area contributed by atoms with E-state index in [1.807, 2.05) is 54.6 Å². The quantitative estimate of drug-likeness (QED) is 0.453. The number of carbonyl (C=O) groups excluding carboxylic acids is 1. The normalized spacial score (nSPS) is 11.9. The van der Waals surface area contributed by atoms with Crippen LogP contribution in [0, 0.1) is 0 Å². The van der Waals surface area contributed by atoms with Crippen LogP contribution in [0.2, 0.25) is 0 Å². The highest BCUT2D eigenvalue weighted by Crippen LogP contribution is 2.38. The zero-order valence-electron chi connectivity index (χ0n) is 18.6. The molecular formula is C27H25N3O3. The zero-order chi connectivity index (χ0) is 22.8. The standard InChI is InChI=1S/C27H25N3O3/c1-32-21-5-3-4-17(14-21)16-28-27(31)19-8-6-18(7-9-19)25-24-12-10-20-15-22(33-2)11-13-23(20)26(24)30-29-25/h3-9,11,13-15H,10,12,16H2,1-2H3,(H,28,31)(H,29,30). The molecule has 1 amide bonds. The fourth-order valence-electron chi connectivity index (χ4n) is 4.32. The summed E-state index contributed by atoms with van der Waals surface area (Å²) in [6.07, 6.45) is 1.85. The minimum absolute atomic E-state index is 0.115. The maximum atomic E-state index is 12.6. The molecule has 5 rings (SSSR count). The molecule has 0 radical (unpaired) electrons. The molecule has 0 fully saturated rings. The summed E-state index contributed by atoms with van der Waals surface area (Å²) in [5.41, 5.74) is 8.24. The number of rotatable bonds is 6. The molecule has 0 saturated carbocycles. The number of aryl methyl sites for hydroxylation is 1. The molecule has 0 spiro atoms. The smallest absolute Gasteiger partial charge is 0.251 e. The van der Waals surface area contributed by atoms with Crippen molar-refractivity contribution in [2.24, 2.45) is 0 Å². The van der Waals surface area contributed by atoms with E-state index in [0.29, 0.717) is 12.1 Å². The van der Waals surface area contributed by atoms with E-state index in [1.54, 1.807) is 14.2 Å². The van der Waals surface area contributed by atoms with Gasteiger partial charge in [-0.2, -0.15) is 5.10 Å². The number of H-pyrrole nitrogens is 1. The van der Waals surface area contributed by atoms with Crippen molar-refractivity contribution >= 4 is 5.91 Å². The van der Waals surface area contributed by atoms with E-state index in [-0.39, 0.29) is 5.91 Å². The summed E-state index contributed by atoms with van der Waals surface area (Å²) in [4.78, 5) is 12.6. The van der Waals surface area contributed by atoms with Crippen LogP contribution in [0.1, 0.15) is 27.0 Å². The molecule has 1 aliphatic rings. The van der Waals surface area contributed by atoms with E-state index in [4.69, 9.17) is 9.47 Å². The van der Waals surface area contributed by atoms with Gasteiger partial charge in [-0.1, -0.05) is 24.3 Å². The van der Waals surface area contributed by atoms with Gasteiger partial charge in [0.05, 0.1) is 25.6 Å². The van der Waals surface area contributed by atoms with Crippen molar-refractivity contribution in [2.75, 3.05) is 14.2 Å². The Hall–Kier alpha value is -4.06. The highest BCUT2D eigenvalue weighted by atomic mass is 16.5. The lowest BCUT2D eigenvalue weighted by Gasteiger charge is -2.17. The van der Waals surface area contributed by atoms with Gasteiger partial charge in [-0.05, 0) is 66.4 Å². The molecule has 2 N–H and O–H groups in total. The van der Waals surface area contributed by atoms with Gasteiger partial charge in [0.1, 0.15) is 11.5 Å². The maximum Gasteiger partial charge on any atom is 0.251 e. The first kappa shape index (κ1) is 20.8. The number of aromatic amines is 1. The van der Waals surface area contributed by atoms with Crippen molar-refractivity contribution in [1.82, 2.24) is 15.5 Å². The zero-order valence-corrected chi connectivity index (χ0v) is 18.6. The Morgan fingerprint density at radius 2 is 1.76 bits per heavy atom. The minimum Gasteiger partial charge on any atom is -0.497 e. The van der Waals surface area contributed by atoms with Gasteiger partial charge in [0.25, 0.3) is 5.91 Å². The second kappa shape index (κ2) is 8.82. The van der Waals surface area contributed by atoms with E-state index in [1.165, 1.54) is 16.7 Å². The molecule has 33 heavy (non-hydrogen) atoms. The molecule has 0 bridgehead atoms. The molecule has 6 heteroatoms. The first-order valence-electron chi connectivity index (χ1n) is 10.9. The van der Waals surface area contributed by atoms with E-state index < -0.39 is 0 Å². The van der Waals surface area contributed by atoms with Gasteiger partial charge in [-0.3, -0.25) is 9.89 Å². The van der Waals surface area contributed by atoms with E-state index in [2.05, 4.69) is 27.6 Å². The van der Waals surface area contributed by atoms with Crippen molar-refractivity contribution in [3.8, 4) is 34.0 Å². The molecule has 4 aromatic rings. The number of ether oxygens (including phenoxy) is 2. The minimum atomic E-state index is -0.115. The molecule has 1 heterocycles. The third kappa shape index (κ3) is 4.07. The van der Waals surface area contributed by atoms with Crippen LogP contribution >= 0.6 is 0 Å². The van der Waals surface area contributed by atoms with Gasteiger partial charge in [0.15, 0.2) is 0 Å². The fraction of sp³-hybridized carbons (Fsp3) is 0.185. The number of hydrogen-bond donors (Lipinski definition) is 2. The van der Waals surface area contributed by atoms with Crippen LogP contribution in [-0.2, 0) is 19.4 Å². The van der Waals surface area contributed by atoms with Crippen LogP contribution < -0.4 is 14.8 Å². The van der Waals surface area contributed by atoms with Gasteiger partial charge in [-0.15, -0.1) is 0 Å². The van der Waals surface area contributed by atoms with Gasteiger partial charge < -0.3 is 14.8 Å². The third-order valence-corrected chi connectivity index (χ3v) is 6.10. The molecular weight excluding hydrogens is 414 g/mol. The fourth-order valence-corrected chi connectivity index (χ4v) is 4.32. The monoisotopic (exact) mass is 439 g/mol. The molecule has 6 nitrogen and oxygen atoms in total. The van der Waals surface area contributed by atoms with Crippen molar-refractivity contribution in [3.63, 3.8) is 0 Å². The molecule has 0 saturated heterocycles. The van der Waals surface area contributed by atoms with Crippen LogP contribution in [0.3, 0.4) is 0 Å². The maximum absolute atomic E-state index is 12.6. The number of benzene rings is 3. The lowest BCUT2D eigenvalue weighted by atomic mass is 9.87. The van der Waals surface area contributed by atoms with Gasteiger partial charge in [0.2, 0.25) is 0 Å². The predicted molar refractivity (Wildman–Crippen MR) is 128 cm³/mol. The number of fused-ring (bicyclic) bond motifs is 3. The lowest BCUT2D eigenvalue weighted by molar-refractivity contribution is 0.0951. The van der Waals surface area contributed by atoms with Crippen molar-refractivity contribution in [2.45, 2.75) is 19.4 Å². The van der Waals surface area contributed by atoms with Crippen molar-refractivity contribution in [1.29, 1.82) is 0 Å². The summed E-state index contributed by atoms with van der Waals surface area (Å²) in [6, 6.07) is 21.4. The topological polar surface area (TPSA) is 76.2 Å². The molecule has 0 aliphatic heterocycles. The second-order valence-corrected chi connectivity index (χ2v) is 8.06. The molecule has 3 aromatic carbocycles. The number of methoxy groups -OCH3 is 2. The summed E-state index contributed by atoms with van der Waals surface area (Å²) < 4.78 is 10.6. The Morgan fingerprint density at radius 1 is 0.970 bits per heavy atom. The van der Waals surface area contributed by atoms with Gasteiger partial charge >= 0.3 is 0 Å². The van der Waals surface area contributed by atoms with Crippen LogP contribution in [0.4, 0.5) is 0 Å². The Morgan fingerprint density at radius 3 is 2.55 bits per heavy atom. The van der Waals surface area contributed by atoms with Crippen molar-refractivity contribution in [3.05, 3.63) is 89.0 Å². The highest BCUT2D eigenvalue weighted by Gasteiger charge is 2.23. The third-order valence-electron chi connectivity index (χ3n) is 6.10. The average Bonchev–Trinajstić information content (AvgIpc) is 3.31. The summed E-state index contributed by atoms with van der Waals surface area (Å²) >= 11 is 0. The van der Waals surface area contributed by atoms with E-state index in [0.717, 1.165) is 46.9 Å². The predicted octanol–water partition coefficient (Wildman–Crippen LogP) is 4.79. The van der Waals surface area contributed by atoms with Crippen LogP contribution in [0.5, 0.6) is 11.5 Å². The Bertz CT molecular complexity index is 1310. The summed E-state index contributed by atoms with van der Waals surface area (Å²) in [5.74, 6) is 1.53. The molecule has 1 aromatic heterocycles. The summed E-state index contributed by atoms with van der Waals surface area (Å²) in [5, 5.41) is 10.8. The molecule has 0 atom stereocenters. The summed E-state index contributed by atoms with van der Waals surface area (Å²) in [6.45, 7) is 0.439. The van der Waals surface area contributed by atoms with Gasteiger partial charge in [0, 0.05) is 28.8 Å². The van der Waals surface area contributed by atoms with Crippen LogP contribution in [0.25, 0.3) is 22.5 Å². The van der Waals surface area contributed by atoms with Crippen LogP contribution in [-0.4, -0.2) is 30.3 Å². The van der Waals surface area contributed by atoms with Gasteiger partial charge in [-0.25, -0.2) is 0 Å². The second-order valence-electron chi connectivity index (χ2n) is 8.06. The Kier molecular flexibility index (Phi) is 5.57. The van der Waals surface area contributed by atoms with Crippen LogP contribution in [0.15, 0.2) is 66.7 Å². The number of nitrogens with one attached hydrogen (secondary N) is 2. The number of aromatic nitrogens is 2. The van der Waals surface area contributed by atoms with Crippen molar-refractivity contribution < 1.29 is 14.3 Å². The summed E-state index contributed by atoms with van der Waals surface area (Å²) in [7, 11) is 3.32. The number of amides is 1. The SMILES string of the molecule is COc1cccc(CNC(=O)c2ccc(-c3n[nH]c4c3CCc3cc(OC)ccc3-4)cc2)c1. The lowest BCUT2D eigenvalue weighted by Crippen LogP contribution is -2.22. The van der Waals surface area contributed by atoms with E-state index in [9.17, 15) is 4.79 Å². The Balaban J connectivity index is 1.32. The number of carbonyl (C=O) groups is 1. The molecule has 1 aliphatic carbocycles.